The molecule has 0 unspecified atom stereocenters. The van der Waals surface area contributed by atoms with Crippen LogP contribution >= 0.6 is 0 Å². The maximum absolute atomic E-state index is 12.1. The van der Waals surface area contributed by atoms with Crippen LogP contribution in [0.25, 0.3) is 0 Å². The summed E-state index contributed by atoms with van der Waals surface area (Å²) in [4.78, 5) is 0.0408. The van der Waals surface area contributed by atoms with E-state index in [0.717, 1.165) is 0 Å². The Morgan fingerprint density at radius 1 is 1.35 bits per heavy atom. The fourth-order valence-electron chi connectivity index (χ4n) is 1.68. The van der Waals surface area contributed by atoms with Crippen LogP contribution in [0.2, 0.25) is 0 Å². The van der Waals surface area contributed by atoms with Crippen molar-refractivity contribution in [1.82, 2.24) is 0 Å². The predicted octanol–water partition coefficient (Wildman–Crippen LogP) is 2.13. The van der Waals surface area contributed by atoms with Gasteiger partial charge in [-0.05, 0) is 32.9 Å². The molecule has 0 aliphatic rings. The van der Waals surface area contributed by atoms with Crippen molar-refractivity contribution in [1.29, 1.82) is 0 Å². The van der Waals surface area contributed by atoms with Gasteiger partial charge in [0.2, 0.25) is 0 Å². The molecule has 0 radical (unpaired) electrons. The molecule has 0 aliphatic carbocycles. The standard InChI is InChI=1S/C14H18O5S/c1-6-9-18-14-11(4)13(8-7-12(14)17-5)20(15,16)19-10(2)3/h1,7-8,10H,9H2,2-5H3. The highest BCUT2D eigenvalue weighted by Crippen LogP contribution is 2.35. The SMILES string of the molecule is C#CCOc1c(OC)ccc(S(=O)(=O)OC(C)C)c1C. The van der Waals surface area contributed by atoms with Crippen LogP contribution < -0.4 is 9.47 Å². The summed E-state index contributed by atoms with van der Waals surface area (Å²) in [6.45, 7) is 4.93. The summed E-state index contributed by atoms with van der Waals surface area (Å²) in [7, 11) is -2.38. The molecule has 1 rings (SSSR count). The molecule has 0 aliphatic heterocycles. The van der Waals surface area contributed by atoms with Crippen molar-refractivity contribution >= 4 is 10.1 Å². The van der Waals surface area contributed by atoms with Crippen LogP contribution in [0.1, 0.15) is 19.4 Å². The van der Waals surface area contributed by atoms with E-state index in [-0.39, 0.29) is 11.5 Å². The molecule has 0 bridgehead atoms. The van der Waals surface area contributed by atoms with Gasteiger partial charge in [-0.15, -0.1) is 6.42 Å². The van der Waals surface area contributed by atoms with E-state index in [4.69, 9.17) is 20.1 Å². The average Bonchev–Trinajstić information content (AvgIpc) is 2.35. The normalized spacial score (nSPS) is 11.2. The Morgan fingerprint density at radius 3 is 2.50 bits per heavy atom. The van der Waals surface area contributed by atoms with E-state index in [9.17, 15) is 8.42 Å². The zero-order valence-electron chi connectivity index (χ0n) is 12.0. The van der Waals surface area contributed by atoms with E-state index in [0.29, 0.717) is 17.1 Å². The Labute approximate surface area is 120 Å². The molecule has 0 heterocycles. The highest BCUT2D eigenvalue weighted by molar-refractivity contribution is 7.86. The van der Waals surface area contributed by atoms with Gasteiger partial charge in [-0.3, -0.25) is 4.18 Å². The van der Waals surface area contributed by atoms with Gasteiger partial charge in [0.05, 0.1) is 13.2 Å². The third kappa shape index (κ3) is 3.65. The quantitative estimate of drug-likeness (QED) is 0.595. The van der Waals surface area contributed by atoms with Gasteiger partial charge < -0.3 is 9.47 Å². The zero-order chi connectivity index (χ0) is 15.3. The number of rotatable bonds is 6. The van der Waals surface area contributed by atoms with Crippen molar-refractivity contribution < 1.29 is 22.1 Å². The summed E-state index contributed by atoms with van der Waals surface area (Å²) in [5.41, 5.74) is 0.403. The van der Waals surface area contributed by atoms with E-state index in [1.807, 2.05) is 0 Å². The predicted molar refractivity (Wildman–Crippen MR) is 75.5 cm³/mol. The first kappa shape index (κ1) is 16.3. The number of terminal acetylenes is 1. The van der Waals surface area contributed by atoms with E-state index in [2.05, 4.69) is 5.92 Å². The first-order valence-electron chi connectivity index (χ1n) is 6.00. The van der Waals surface area contributed by atoms with E-state index >= 15 is 0 Å². The molecule has 0 fully saturated rings. The molecule has 1 aromatic rings. The summed E-state index contributed by atoms with van der Waals surface area (Å²) >= 11 is 0. The van der Waals surface area contributed by atoms with Gasteiger partial charge in [0, 0.05) is 5.56 Å². The summed E-state index contributed by atoms with van der Waals surface area (Å²) in [6.07, 6.45) is 4.70. The number of benzene rings is 1. The first-order chi connectivity index (χ1) is 9.33. The molecule has 0 atom stereocenters. The van der Waals surface area contributed by atoms with Gasteiger partial charge >= 0.3 is 0 Å². The van der Waals surface area contributed by atoms with Crippen molar-refractivity contribution in [2.45, 2.75) is 31.8 Å². The molecule has 0 N–H and O–H groups in total. The lowest BCUT2D eigenvalue weighted by molar-refractivity contribution is 0.248. The van der Waals surface area contributed by atoms with Gasteiger partial charge in [-0.25, -0.2) is 0 Å². The Balaban J connectivity index is 3.34. The van der Waals surface area contributed by atoms with Crippen molar-refractivity contribution in [2.75, 3.05) is 13.7 Å². The summed E-state index contributed by atoms with van der Waals surface area (Å²) in [5, 5.41) is 0. The number of ether oxygens (including phenoxy) is 2. The van der Waals surface area contributed by atoms with Crippen LogP contribution in [0.5, 0.6) is 11.5 Å². The molecule has 110 valence electrons. The lowest BCUT2D eigenvalue weighted by atomic mass is 10.2. The molecular formula is C14H18O5S. The molecular weight excluding hydrogens is 280 g/mol. The van der Waals surface area contributed by atoms with E-state index in [1.165, 1.54) is 19.2 Å². The monoisotopic (exact) mass is 298 g/mol. The van der Waals surface area contributed by atoms with Crippen LogP contribution in [-0.4, -0.2) is 28.2 Å². The van der Waals surface area contributed by atoms with Gasteiger partial charge in [-0.2, -0.15) is 8.42 Å². The molecule has 0 aromatic heterocycles. The Bertz CT molecular complexity index is 611. The molecule has 20 heavy (non-hydrogen) atoms. The maximum atomic E-state index is 12.1. The number of methoxy groups -OCH3 is 1. The minimum absolute atomic E-state index is 0.0196. The summed E-state index contributed by atoms with van der Waals surface area (Å²) in [6, 6.07) is 2.93. The van der Waals surface area contributed by atoms with Crippen LogP contribution in [0, 0.1) is 19.3 Å². The van der Waals surface area contributed by atoms with Crippen molar-refractivity contribution in [3.05, 3.63) is 17.7 Å². The number of hydrogen-bond acceptors (Lipinski definition) is 5. The molecule has 0 saturated carbocycles. The van der Waals surface area contributed by atoms with E-state index in [1.54, 1.807) is 20.8 Å². The Morgan fingerprint density at radius 2 is 2.00 bits per heavy atom. The molecule has 0 saturated heterocycles. The minimum Gasteiger partial charge on any atom is -0.493 e. The molecule has 6 heteroatoms. The summed E-state index contributed by atoms with van der Waals surface area (Å²) in [5.74, 6) is 3.05. The average molecular weight is 298 g/mol. The Kier molecular flexibility index (Phi) is 5.43. The second-order valence-electron chi connectivity index (χ2n) is 4.31. The summed E-state index contributed by atoms with van der Waals surface area (Å²) < 4.78 is 39.7. The van der Waals surface area contributed by atoms with Crippen LogP contribution in [0.4, 0.5) is 0 Å². The largest absolute Gasteiger partial charge is 0.493 e. The topological polar surface area (TPSA) is 61.8 Å². The van der Waals surface area contributed by atoms with Gasteiger partial charge in [-0.1, -0.05) is 5.92 Å². The molecule has 5 nitrogen and oxygen atoms in total. The molecule has 0 amide bonds. The van der Waals surface area contributed by atoms with Crippen molar-refractivity contribution in [2.24, 2.45) is 0 Å². The third-order valence-corrected chi connectivity index (χ3v) is 4.05. The fraction of sp³-hybridized carbons (Fsp3) is 0.429. The molecule has 1 aromatic carbocycles. The first-order valence-corrected chi connectivity index (χ1v) is 7.41. The maximum Gasteiger partial charge on any atom is 0.297 e. The second-order valence-corrected chi connectivity index (χ2v) is 5.85. The van der Waals surface area contributed by atoms with Crippen molar-refractivity contribution in [3.8, 4) is 23.8 Å². The smallest absolute Gasteiger partial charge is 0.297 e. The number of hydrogen-bond donors (Lipinski definition) is 0. The van der Waals surface area contributed by atoms with Crippen LogP contribution in [-0.2, 0) is 14.3 Å². The van der Waals surface area contributed by atoms with Gasteiger partial charge in [0.15, 0.2) is 11.5 Å². The lowest BCUT2D eigenvalue weighted by Gasteiger charge is -2.16. The van der Waals surface area contributed by atoms with E-state index < -0.39 is 16.2 Å². The fourth-order valence-corrected chi connectivity index (χ4v) is 2.99. The van der Waals surface area contributed by atoms with Gasteiger partial charge in [0.25, 0.3) is 10.1 Å². The molecule has 0 spiro atoms. The Hall–Kier alpha value is -1.71. The minimum atomic E-state index is -3.85. The zero-order valence-corrected chi connectivity index (χ0v) is 12.8. The van der Waals surface area contributed by atoms with Crippen molar-refractivity contribution in [3.63, 3.8) is 0 Å². The van der Waals surface area contributed by atoms with Gasteiger partial charge in [0.1, 0.15) is 11.5 Å². The highest BCUT2D eigenvalue weighted by Gasteiger charge is 2.23. The van der Waals surface area contributed by atoms with Crippen LogP contribution in [0.3, 0.4) is 0 Å². The second kappa shape index (κ2) is 6.64. The highest BCUT2D eigenvalue weighted by atomic mass is 32.2. The third-order valence-electron chi connectivity index (χ3n) is 2.43. The lowest BCUT2D eigenvalue weighted by Crippen LogP contribution is -2.14. The van der Waals surface area contributed by atoms with Crippen LogP contribution in [0.15, 0.2) is 17.0 Å².